The van der Waals surface area contributed by atoms with Crippen molar-refractivity contribution < 1.29 is 5.21 Å². The maximum Gasteiger partial charge on any atom is 0.173 e. The Bertz CT molecular complexity index is 487. The molecule has 6 nitrogen and oxygen atoms in total. The van der Waals surface area contributed by atoms with Crippen LogP contribution < -0.4 is 10.6 Å². The molecule has 110 valence electrons. The van der Waals surface area contributed by atoms with E-state index < -0.39 is 0 Å². The minimum atomic E-state index is 0.0767. The number of piperidine rings is 1. The van der Waals surface area contributed by atoms with Crippen LogP contribution in [0.1, 0.15) is 39.2 Å². The molecule has 1 aromatic rings. The van der Waals surface area contributed by atoms with Crippen LogP contribution in [0.2, 0.25) is 0 Å². The van der Waals surface area contributed by atoms with Gasteiger partial charge >= 0.3 is 0 Å². The summed E-state index contributed by atoms with van der Waals surface area (Å²) in [5, 5.41) is 20.0. The Labute approximate surface area is 119 Å². The lowest BCUT2D eigenvalue weighted by Crippen LogP contribution is -2.39. The van der Waals surface area contributed by atoms with Gasteiger partial charge in [0.25, 0.3) is 0 Å². The number of aromatic nitrogens is 2. The maximum atomic E-state index is 8.86. The lowest BCUT2D eigenvalue weighted by atomic mass is 9.75. The second-order valence-electron chi connectivity index (χ2n) is 6.38. The molecule has 0 saturated carbocycles. The Morgan fingerprint density at radius 1 is 1.40 bits per heavy atom. The van der Waals surface area contributed by atoms with Gasteiger partial charge in [-0.1, -0.05) is 25.9 Å². The van der Waals surface area contributed by atoms with E-state index >= 15 is 0 Å². The number of oxime groups is 1. The van der Waals surface area contributed by atoms with Gasteiger partial charge in [-0.15, -0.1) is 5.10 Å². The van der Waals surface area contributed by atoms with Crippen molar-refractivity contribution in [2.24, 2.45) is 22.2 Å². The van der Waals surface area contributed by atoms with Crippen molar-refractivity contribution in [2.45, 2.75) is 33.6 Å². The summed E-state index contributed by atoms with van der Waals surface area (Å²) < 4.78 is 0. The summed E-state index contributed by atoms with van der Waals surface area (Å²) in [6, 6.07) is 1.73. The molecule has 0 atom stereocenters. The minimum Gasteiger partial charge on any atom is -0.409 e. The van der Waals surface area contributed by atoms with E-state index in [-0.39, 0.29) is 5.84 Å². The van der Waals surface area contributed by atoms with Crippen molar-refractivity contribution in [3.05, 3.63) is 17.8 Å². The first kappa shape index (κ1) is 14.6. The molecule has 0 spiro atoms. The molecule has 0 aliphatic carbocycles. The highest BCUT2D eigenvalue weighted by Crippen LogP contribution is 2.35. The molecule has 2 rings (SSSR count). The molecule has 1 fully saturated rings. The average molecular weight is 277 g/mol. The Morgan fingerprint density at radius 2 is 2.05 bits per heavy atom. The summed E-state index contributed by atoms with van der Waals surface area (Å²) in [6.07, 6.45) is 3.80. The Morgan fingerprint density at radius 3 is 2.60 bits per heavy atom. The topological polar surface area (TPSA) is 87.6 Å². The molecular weight excluding hydrogens is 254 g/mol. The fourth-order valence-corrected chi connectivity index (χ4v) is 2.77. The molecule has 0 unspecified atom stereocenters. The number of anilines is 1. The fourth-order valence-electron chi connectivity index (χ4n) is 2.77. The summed E-state index contributed by atoms with van der Waals surface area (Å²) in [5.41, 5.74) is 6.68. The van der Waals surface area contributed by atoms with E-state index in [4.69, 9.17) is 10.9 Å². The number of amidine groups is 1. The summed E-state index contributed by atoms with van der Waals surface area (Å²) >= 11 is 0. The first-order valence-electron chi connectivity index (χ1n) is 6.98. The van der Waals surface area contributed by atoms with Crippen LogP contribution in [0.15, 0.2) is 17.4 Å². The largest absolute Gasteiger partial charge is 0.409 e. The molecule has 1 saturated heterocycles. The summed E-state index contributed by atoms with van der Waals surface area (Å²) in [7, 11) is 0. The van der Waals surface area contributed by atoms with E-state index in [0.29, 0.717) is 22.7 Å². The minimum absolute atomic E-state index is 0.0767. The van der Waals surface area contributed by atoms with Gasteiger partial charge in [0, 0.05) is 13.1 Å². The zero-order chi connectivity index (χ0) is 14.8. The van der Waals surface area contributed by atoms with Crippen LogP contribution in [0.25, 0.3) is 0 Å². The zero-order valence-corrected chi connectivity index (χ0v) is 12.4. The third kappa shape index (κ3) is 3.00. The number of rotatable bonds is 2. The highest BCUT2D eigenvalue weighted by atomic mass is 16.4. The highest BCUT2D eigenvalue weighted by molar-refractivity contribution is 6.01. The van der Waals surface area contributed by atoms with Gasteiger partial charge in [0.05, 0.1) is 11.8 Å². The van der Waals surface area contributed by atoms with E-state index in [9.17, 15) is 0 Å². The van der Waals surface area contributed by atoms with E-state index in [1.807, 2.05) is 0 Å². The Kier molecular flexibility index (Phi) is 4.11. The van der Waals surface area contributed by atoms with Crippen molar-refractivity contribution in [2.75, 3.05) is 18.0 Å². The van der Waals surface area contributed by atoms with Crippen molar-refractivity contribution in [1.29, 1.82) is 0 Å². The van der Waals surface area contributed by atoms with Gasteiger partial charge in [0.2, 0.25) is 0 Å². The first-order valence-corrected chi connectivity index (χ1v) is 6.98. The third-order valence-electron chi connectivity index (χ3n) is 4.10. The zero-order valence-electron chi connectivity index (χ0n) is 12.4. The highest BCUT2D eigenvalue weighted by Gasteiger charge is 2.30. The third-order valence-corrected chi connectivity index (χ3v) is 4.10. The van der Waals surface area contributed by atoms with Crippen LogP contribution >= 0.6 is 0 Å². The fraction of sp³-hybridized carbons (Fsp3) is 0.643. The van der Waals surface area contributed by atoms with E-state index in [2.05, 4.69) is 41.0 Å². The molecule has 0 radical (unpaired) electrons. The smallest absolute Gasteiger partial charge is 0.173 e. The van der Waals surface area contributed by atoms with Gasteiger partial charge in [0.1, 0.15) is 0 Å². The second-order valence-corrected chi connectivity index (χ2v) is 6.38. The number of hydrogen-bond acceptors (Lipinski definition) is 5. The van der Waals surface area contributed by atoms with Crippen LogP contribution in [0.3, 0.4) is 0 Å². The number of nitrogens with two attached hydrogens (primary N) is 1. The predicted octanol–water partition coefficient (Wildman–Crippen LogP) is 1.83. The van der Waals surface area contributed by atoms with Crippen LogP contribution in [0, 0.1) is 11.3 Å². The van der Waals surface area contributed by atoms with E-state index in [0.717, 1.165) is 25.9 Å². The van der Waals surface area contributed by atoms with Crippen molar-refractivity contribution >= 4 is 11.7 Å². The molecule has 1 aliphatic rings. The van der Waals surface area contributed by atoms with Crippen molar-refractivity contribution in [3.63, 3.8) is 0 Å². The molecule has 6 heteroatoms. The van der Waals surface area contributed by atoms with E-state index in [1.165, 1.54) is 0 Å². The quantitative estimate of drug-likeness (QED) is 0.373. The maximum absolute atomic E-state index is 8.86. The first-order chi connectivity index (χ1) is 9.43. The standard InChI is InChI=1S/C14H23N5O/c1-14(2,3)10-5-8-19(9-6-10)13-11(12(15)18-20)4-7-16-17-13/h4,7,10,20H,5-6,8-9H2,1-3H3,(H2,15,18). The van der Waals surface area contributed by atoms with E-state index in [1.54, 1.807) is 12.3 Å². The molecule has 3 N–H and O–H groups in total. The van der Waals surface area contributed by atoms with Gasteiger partial charge in [-0.2, -0.15) is 5.10 Å². The molecular formula is C14H23N5O. The molecule has 2 heterocycles. The van der Waals surface area contributed by atoms with Gasteiger partial charge in [-0.05, 0) is 30.2 Å². The number of hydrogen-bond donors (Lipinski definition) is 2. The molecule has 1 aliphatic heterocycles. The monoisotopic (exact) mass is 277 g/mol. The van der Waals surface area contributed by atoms with Crippen molar-refractivity contribution in [3.8, 4) is 0 Å². The average Bonchev–Trinajstić information content (AvgIpc) is 2.45. The van der Waals surface area contributed by atoms with Crippen LogP contribution in [-0.4, -0.2) is 34.3 Å². The lowest BCUT2D eigenvalue weighted by Gasteiger charge is -2.39. The predicted molar refractivity (Wildman–Crippen MR) is 78.9 cm³/mol. The van der Waals surface area contributed by atoms with Gasteiger partial charge in [0.15, 0.2) is 11.7 Å². The Hall–Kier alpha value is -1.85. The van der Waals surface area contributed by atoms with Gasteiger partial charge in [-0.25, -0.2) is 0 Å². The Balaban J connectivity index is 2.15. The van der Waals surface area contributed by atoms with Crippen molar-refractivity contribution in [1.82, 2.24) is 10.2 Å². The van der Waals surface area contributed by atoms with Gasteiger partial charge < -0.3 is 15.8 Å². The van der Waals surface area contributed by atoms with Crippen LogP contribution in [-0.2, 0) is 0 Å². The SMILES string of the molecule is CC(C)(C)C1CCN(c2nnccc2/C(N)=N/O)CC1. The second kappa shape index (κ2) is 5.64. The summed E-state index contributed by atoms with van der Waals surface area (Å²) in [6.45, 7) is 8.71. The van der Waals surface area contributed by atoms with Crippen LogP contribution in [0.5, 0.6) is 0 Å². The van der Waals surface area contributed by atoms with Gasteiger partial charge in [-0.3, -0.25) is 0 Å². The summed E-state index contributed by atoms with van der Waals surface area (Å²) in [4.78, 5) is 2.17. The normalized spacial score (nSPS) is 18.4. The van der Waals surface area contributed by atoms with Crippen LogP contribution in [0.4, 0.5) is 5.82 Å². The molecule has 0 amide bonds. The number of nitrogens with zero attached hydrogens (tertiary/aromatic N) is 4. The molecule has 20 heavy (non-hydrogen) atoms. The molecule has 1 aromatic heterocycles. The molecule has 0 bridgehead atoms. The molecule has 0 aromatic carbocycles. The lowest BCUT2D eigenvalue weighted by molar-refractivity contribution is 0.198. The summed E-state index contributed by atoms with van der Waals surface area (Å²) in [5.74, 6) is 1.49.